The molecule has 1 heterocycles. The van der Waals surface area contributed by atoms with Crippen LogP contribution in [0.15, 0.2) is 17.1 Å². The van der Waals surface area contributed by atoms with Crippen LogP contribution in [0.3, 0.4) is 0 Å². The van der Waals surface area contributed by atoms with Crippen LogP contribution in [0.25, 0.3) is 10.9 Å². The third-order valence-corrected chi connectivity index (χ3v) is 6.05. The number of benzene rings is 1. The number of aromatic nitrogens is 1. The van der Waals surface area contributed by atoms with Crippen molar-refractivity contribution in [3.63, 3.8) is 0 Å². The van der Waals surface area contributed by atoms with Gasteiger partial charge in [0.15, 0.2) is 11.6 Å². The maximum atomic E-state index is 14.8. The Labute approximate surface area is 174 Å². The fourth-order valence-electron chi connectivity index (χ4n) is 4.37. The first kappa shape index (κ1) is 20.6. The fraction of sp³-hybridized carbons (Fsp3) is 0.500. The molecule has 2 atom stereocenters. The van der Waals surface area contributed by atoms with Crippen molar-refractivity contribution >= 4 is 16.9 Å². The summed E-state index contributed by atoms with van der Waals surface area (Å²) in [5.74, 6) is 4.04. The number of hydrogen-bond acceptors (Lipinski definition) is 3. The molecule has 0 saturated heterocycles. The van der Waals surface area contributed by atoms with Gasteiger partial charge < -0.3 is 9.30 Å². The summed E-state index contributed by atoms with van der Waals surface area (Å²) in [6, 6.07) is 0.903. The van der Waals surface area contributed by atoms with Crippen LogP contribution in [0.2, 0.25) is 0 Å². The molecule has 2 fully saturated rings. The second-order valence-electron chi connectivity index (χ2n) is 8.46. The largest absolute Gasteiger partial charge is 0.462 e. The van der Waals surface area contributed by atoms with Gasteiger partial charge >= 0.3 is 5.97 Å². The number of carbonyl (C=O) groups excluding carboxylic acids is 1. The Morgan fingerprint density at radius 1 is 1.27 bits per heavy atom. The van der Waals surface area contributed by atoms with Gasteiger partial charge in [-0.1, -0.05) is 25.2 Å². The number of esters is 1. The molecule has 0 aliphatic heterocycles. The fourth-order valence-corrected chi connectivity index (χ4v) is 4.37. The second kappa shape index (κ2) is 8.22. The molecule has 2 aromatic rings. The minimum Gasteiger partial charge on any atom is -0.462 e. The van der Waals surface area contributed by atoms with E-state index in [4.69, 9.17) is 4.74 Å². The summed E-state index contributed by atoms with van der Waals surface area (Å²) < 4.78 is 35.9. The Hall–Kier alpha value is -2.68. The van der Waals surface area contributed by atoms with Crippen LogP contribution in [0.5, 0.6) is 0 Å². The van der Waals surface area contributed by atoms with Crippen LogP contribution in [0.1, 0.15) is 74.3 Å². The highest BCUT2D eigenvalue weighted by molar-refractivity contribution is 5.95. The molecule has 2 saturated carbocycles. The first-order valence-corrected chi connectivity index (χ1v) is 10.6. The molecule has 0 amide bonds. The Bertz CT molecular complexity index is 1120. The lowest BCUT2D eigenvalue weighted by molar-refractivity contribution is 0.0524. The summed E-state index contributed by atoms with van der Waals surface area (Å²) >= 11 is 0. The van der Waals surface area contributed by atoms with E-state index < -0.39 is 23.0 Å². The van der Waals surface area contributed by atoms with Crippen LogP contribution >= 0.6 is 0 Å². The van der Waals surface area contributed by atoms with Gasteiger partial charge in [0, 0.05) is 18.7 Å². The molecular weight excluding hydrogens is 388 g/mol. The van der Waals surface area contributed by atoms with E-state index in [-0.39, 0.29) is 34.7 Å². The number of pyridine rings is 1. The molecule has 2 aliphatic rings. The third-order valence-electron chi connectivity index (χ3n) is 6.05. The highest BCUT2D eigenvalue weighted by Gasteiger charge is 2.30. The van der Waals surface area contributed by atoms with Crippen molar-refractivity contribution in [3.8, 4) is 11.8 Å². The number of ether oxygens (including phenoxy) is 1. The molecular formula is C24H25F2NO3. The minimum atomic E-state index is -1.14. The van der Waals surface area contributed by atoms with E-state index in [2.05, 4.69) is 18.8 Å². The Kier molecular flexibility index (Phi) is 5.64. The Morgan fingerprint density at radius 2 is 2.03 bits per heavy atom. The number of rotatable bonds is 4. The lowest BCUT2D eigenvalue weighted by Gasteiger charge is -2.15. The van der Waals surface area contributed by atoms with Crippen LogP contribution in [-0.4, -0.2) is 17.1 Å². The monoisotopic (exact) mass is 413 g/mol. The average Bonchev–Trinajstić information content (AvgIpc) is 3.47. The van der Waals surface area contributed by atoms with E-state index in [0.29, 0.717) is 18.3 Å². The molecule has 1 aromatic heterocycles. The molecule has 0 radical (unpaired) electrons. The SMILES string of the molecule is CCOC(=O)c1cn(C2CC2)c2c(C#CC[C@@H]3CC[C@@H](C)C3)c(F)c(F)cc2c1=O. The molecule has 4 rings (SSSR count). The first-order chi connectivity index (χ1) is 14.4. The van der Waals surface area contributed by atoms with Gasteiger partial charge in [-0.2, -0.15) is 0 Å². The number of fused-ring (bicyclic) bond motifs is 1. The Morgan fingerprint density at radius 3 is 2.67 bits per heavy atom. The van der Waals surface area contributed by atoms with Crippen molar-refractivity contribution in [1.82, 2.24) is 4.57 Å². The molecule has 1 aromatic carbocycles. The first-order valence-electron chi connectivity index (χ1n) is 10.6. The van der Waals surface area contributed by atoms with Crippen molar-refractivity contribution < 1.29 is 18.3 Å². The summed E-state index contributed by atoms with van der Waals surface area (Å²) in [6.45, 7) is 3.98. The zero-order valence-electron chi connectivity index (χ0n) is 17.3. The molecule has 2 aliphatic carbocycles. The van der Waals surface area contributed by atoms with E-state index in [1.807, 2.05) is 0 Å². The summed E-state index contributed by atoms with van der Waals surface area (Å²) in [6.07, 6.45) is 7.08. The smallest absolute Gasteiger partial charge is 0.343 e. The summed E-state index contributed by atoms with van der Waals surface area (Å²) in [7, 11) is 0. The van der Waals surface area contributed by atoms with Gasteiger partial charge in [0.2, 0.25) is 5.43 Å². The summed E-state index contributed by atoms with van der Waals surface area (Å²) in [5.41, 5.74) is -0.662. The number of carbonyl (C=O) groups is 1. The van der Waals surface area contributed by atoms with Gasteiger partial charge in [0.05, 0.1) is 23.1 Å². The van der Waals surface area contributed by atoms with Crippen LogP contribution in [-0.2, 0) is 4.74 Å². The quantitative estimate of drug-likeness (QED) is 0.525. The number of hydrogen-bond donors (Lipinski definition) is 0. The lowest BCUT2D eigenvalue weighted by atomic mass is 10.0. The van der Waals surface area contributed by atoms with Gasteiger partial charge in [0.1, 0.15) is 5.56 Å². The van der Waals surface area contributed by atoms with Crippen molar-refractivity contribution in [2.45, 2.75) is 58.4 Å². The van der Waals surface area contributed by atoms with E-state index in [1.165, 1.54) is 12.6 Å². The molecule has 0 N–H and O–H groups in total. The zero-order valence-corrected chi connectivity index (χ0v) is 17.3. The van der Waals surface area contributed by atoms with Gasteiger partial charge in [-0.3, -0.25) is 4.79 Å². The number of nitrogens with zero attached hydrogens (tertiary/aromatic N) is 1. The predicted molar refractivity (Wildman–Crippen MR) is 110 cm³/mol. The highest BCUT2D eigenvalue weighted by atomic mass is 19.2. The van der Waals surface area contributed by atoms with Gasteiger partial charge in [0.25, 0.3) is 0 Å². The van der Waals surface area contributed by atoms with Crippen LogP contribution < -0.4 is 5.43 Å². The normalized spacial score (nSPS) is 20.8. The number of halogens is 2. The van der Waals surface area contributed by atoms with Crippen molar-refractivity contribution in [2.24, 2.45) is 11.8 Å². The summed E-state index contributed by atoms with van der Waals surface area (Å²) in [5, 5.41) is -0.0369. The van der Waals surface area contributed by atoms with E-state index in [1.54, 1.807) is 11.5 Å². The standard InChI is InChI=1S/C24H25F2NO3/c1-3-30-24(29)19-13-27(16-9-10-16)22-17(6-4-5-15-8-7-14(2)11-15)21(26)20(25)12-18(22)23(19)28/h12-16H,3,5,7-11H2,1-2H3/t14-,15-/m1/s1. The summed E-state index contributed by atoms with van der Waals surface area (Å²) in [4.78, 5) is 25.2. The second-order valence-corrected chi connectivity index (χ2v) is 8.46. The Balaban J connectivity index is 1.86. The van der Waals surface area contributed by atoms with Gasteiger partial charge in [-0.15, -0.1) is 0 Å². The molecule has 30 heavy (non-hydrogen) atoms. The molecule has 0 unspecified atom stereocenters. The average molecular weight is 413 g/mol. The van der Waals surface area contributed by atoms with Crippen molar-refractivity contribution in [2.75, 3.05) is 6.61 Å². The maximum absolute atomic E-state index is 14.8. The van der Waals surface area contributed by atoms with E-state index in [0.717, 1.165) is 31.7 Å². The van der Waals surface area contributed by atoms with Crippen molar-refractivity contribution in [1.29, 1.82) is 0 Å². The third kappa shape index (κ3) is 3.86. The lowest BCUT2D eigenvalue weighted by Crippen LogP contribution is -2.22. The molecule has 0 spiro atoms. The zero-order chi connectivity index (χ0) is 21.4. The molecule has 0 bridgehead atoms. The van der Waals surface area contributed by atoms with Crippen LogP contribution in [0, 0.1) is 35.3 Å². The molecule has 158 valence electrons. The van der Waals surface area contributed by atoms with E-state index in [9.17, 15) is 18.4 Å². The van der Waals surface area contributed by atoms with Gasteiger partial charge in [-0.25, -0.2) is 13.6 Å². The minimum absolute atomic E-state index is 0.0300. The topological polar surface area (TPSA) is 48.3 Å². The van der Waals surface area contributed by atoms with Gasteiger partial charge in [-0.05, 0) is 50.5 Å². The predicted octanol–water partition coefficient (Wildman–Crippen LogP) is 4.97. The van der Waals surface area contributed by atoms with Crippen LogP contribution in [0.4, 0.5) is 8.78 Å². The van der Waals surface area contributed by atoms with E-state index >= 15 is 0 Å². The molecule has 4 nitrogen and oxygen atoms in total. The maximum Gasteiger partial charge on any atom is 0.343 e. The molecule has 6 heteroatoms. The van der Waals surface area contributed by atoms with Crippen molar-refractivity contribution in [3.05, 3.63) is 45.2 Å². The highest BCUT2D eigenvalue weighted by Crippen LogP contribution is 2.38.